The molecule has 0 aromatic heterocycles. The zero-order valence-corrected chi connectivity index (χ0v) is 21.9. The van der Waals surface area contributed by atoms with Gasteiger partial charge in [0.05, 0.1) is 12.2 Å². The molecule has 2 N–H and O–H groups in total. The summed E-state index contributed by atoms with van der Waals surface area (Å²) in [6.07, 6.45) is 0.733. The fourth-order valence-electron chi connectivity index (χ4n) is 3.94. The Morgan fingerprint density at radius 2 is 1.45 bits per heavy atom. The summed E-state index contributed by atoms with van der Waals surface area (Å²) < 4.78 is 5.90. The Kier molecular flexibility index (Phi) is 9.21. The van der Waals surface area contributed by atoms with Gasteiger partial charge in [0.15, 0.2) is 5.11 Å². The van der Waals surface area contributed by atoms with Gasteiger partial charge in [0.2, 0.25) is 0 Å². The van der Waals surface area contributed by atoms with Gasteiger partial charge in [0, 0.05) is 29.9 Å². The van der Waals surface area contributed by atoms with E-state index in [0.717, 1.165) is 17.7 Å². The normalized spacial score (nSPS) is 10.3. The van der Waals surface area contributed by atoms with Gasteiger partial charge in [-0.1, -0.05) is 60.7 Å². The van der Waals surface area contributed by atoms with Crippen LogP contribution < -0.4 is 20.3 Å². The average molecular weight is 524 g/mol. The van der Waals surface area contributed by atoms with Gasteiger partial charge in [-0.3, -0.25) is 14.9 Å². The first-order valence-corrected chi connectivity index (χ1v) is 12.8. The van der Waals surface area contributed by atoms with Gasteiger partial charge in [-0.25, -0.2) is 0 Å². The third-order valence-corrected chi connectivity index (χ3v) is 6.07. The number of carbonyl (C=O) groups excluding carboxylic acids is 2. The average Bonchev–Trinajstić information content (AvgIpc) is 2.95. The van der Waals surface area contributed by atoms with Crippen molar-refractivity contribution in [1.82, 2.24) is 5.32 Å². The van der Waals surface area contributed by atoms with Crippen LogP contribution in [0, 0.1) is 0 Å². The number of para-hydroxylation sites is 2. The zero-order valence-electron chi connectivity index (χ0n) is 21.1. The number of nitrogens with one attached hydrogen (secondary N) is 2. The van der Waals surface area contributed by atoms with Crippen LogP contribution in [0.4, 0.5) is 11.4 Å². The van der Waals surface area contributed by atoms with Gasteiger partial charge >= 0.3 is 0 Å². The Balaban J connectivity index is 1.33. The number of carbonyl (C=O) groups is 2. The summed E-state index contributed by atoms with van der Waals surface area (Å²) in [4.78, 5) is 27.6. The van der Waals surface area contributed by atoms with Gasteiger partial charge in [-0.05, 0) is 73.2 Å². The third-order valence-electron chi connectivity index (χ3n) is 5.87. The van der Waals surface area contributed by atoms with Gasteiger partial charge in [-0.15, -0.1) is 0 Å². The number of hydrogen-bond acceptors (Lipinski definition) is 4. The number of nitrogens with zero attached hydrogens (tertiary/aromatic N) is 1. The summed E-state index contributed by atoms with van der Waals surface area (Å²) in [6, 6.07) is 33.6. The number of ether oxygens (including phenoxy) is 1. The molecule has 6 nitrogen and oxygen atoms in total. The van der Waals surface area contributed by atoms with Crippen molar-refractivity contribution in [3.05, 3.63) is 126 Å². The van der Waals surface area contributed by atoms with E-state index in [-0.39, 0.29) is 16.9 Å². The van der Waals surface area contributed by atoms with E-state index < -0.39 is 0 Å². The predicted octanol–water partition coefficient (Wildman–Crippen LogP) is 6.10. The lowest BCUT2D eigenvalue weighted by Gasteiger charge is -2.21. The molecule has 2 amide bonds. The highest BCUT2D eigenvalue weighted by molar-refractivity contribution is 7.80. The second-order valence-corrected chi connectivity index (χ2v) is 8.86. The molecule has 4 aromatic carbocycles. The lowest BCUT2D eigenvalue weighted by molar-refractivity contribution is 0.0970. The Hall–Kier alpha value is -4.49. The molecule has 0 unspecified atom stereocenters. The van der Waals surface area contributed by atoms with Crippen LogP contribution in [0.5, 0.6) is 5.75 Å². The summed E-state index contributed by atoms with van der Waals surface area (Å²) in [5, 5.41) is 5.85. The second-order valence-electron chi connectivity index (χ2n) is 8.45. The first-order chi connectivity index (χ1) is 18.5. The molecule has 0 aliphatic carbocycles. The molecule has 0 radical (unpaired) electrons. The number of hydrogen-bond donors (Lipinski definition) is 2. The molecular formula is C31H29N3O3S. The molecule has 0 spiro atoms. The summed E-state index contributed by atoms with van der Waals surface area (Å²) in [5.74, 6) is 0.0292. The molecule has 0 aliphatic rings. The maximum absolute atomic E-state index is 13.0. The monoisotopic (exact) mass is 523 g/mol. The summed E-state index contributed by atoms with van der Waals surface area (Å²) in [6.45, 7) is 2.94. The molecule has 38 heavy (non-hydrogen) atoms. The van der Waals surface area contributed by atoms with E-state index in [9.17, 15) is 9.59 Å². The van der Waals surface area contributed by atoms with Crippen LogP contribution in [-0.4, -0.2) is 30.1 Å². The molecule has 192 valence electrons. The van der Waals surface area contributed by atoms with Gasteiger partial charge < -0.3 is 15.0 Å². The van der Waals surface area contributed by atoms with Crippen molar-refractivity contribution in [3.8, 4) is 5.75 Å². The topological polar surface area (TPSA) is 70.7 Å². The van der Waals surface area contributed by atoms with E-state index in [4.69, 9.17) is 17.0 Å². The van der Waals surface area contributed by atoms with Crippen molar-refractivity contribution in [3.63, 3.8) is 0 Å². The minimum absolute atomic E-state index is 0.0926. The van der Waals surface area contributed by atoms with Gasteiger partial charge in [0.1, 0.15) is 5.75 Å². The quantitative estimate of drug-likeness (QED) is 0.259. The molecule has 0 aliphatic heterocycles. The van der Waals surface area contributed by atoms with Crippen LogP contribution in [0.2, 0.25) is 0 Å². The van der Waals surface area contributed by atoms with Crippen LogP contribution in [0.3, 0.4) is 0 Å². The number of benzene rings is 4. The van der Waals surface area contributed by atoms with Gasteiger partial charge in [-0.2, -0.15) is 0 Å². The standard InChI is InChI=1S/C31H29N3O3S/c1-2-34(26-13-7-4-8-14-26)30(36)24-17-19-25(20-18-24)32-31(38)33-29(35)27-15-9-10-16-28(27)37-22-21-23-11-5-3-6-12-23/h3-20H,2,21-22H2,1H3,(H2,32,33,35,38). The number of thiocarbonyl (C=S) groups is 1. The minimum Gasteiger partial charge on any atom is -0.492 e. The van der Waals surface area contributed by atoms with Crippen molar-refractivity contribution in [1.29, 1.82) is 0 Å². The molecule has 0 saturated heterocycles. The molecular weight excluding hydrogens is 494 g/mol. The summed E-state index contributed by atoms with van der Waals surface area (Å²) in [7, 11) is 0. The molecule has 7 heteroatoms. The highest BCUT2D eigenvalue weighted by Crippen LogP contribution is 2.20. The highest BCUT2D eigenvalue weighted by Gasteiger charge is 2.17. The highest BCUT2D eigenvalue weighted by atomic mass is 32.1. The van der Waals surface area contributed by atoms with Crippen molar-refractivity contribution < 1.29 is 14.3 Å². The molecule has 0 fully saturated rings. The van der Waals surface area contributed by atoms with Crippen LogP contribution in [-0.2, 0) is 6.42 Å². The van der Waals surface area contributed by atoms with Crippen molar-refractivity contribution in [2.24, 2.45) is 0 Å². The van der Waals surface area contributed by atoms with E-state index in [2.05, 4.69) is 10.6 Å². The molecule has 4 rings (SSSR count). The molecule has 4 aromatic rings. The Morgan fingerprint density at radius 3 is 2.13 bits per heavy atom. The van der Waals surface area contributed by atoms with Crippen LogP contribution >= 0.6 is 12.2 Å². The zero-order chi connectivity index (χ0) is 26.7. The van der Waals surface area contributed by atoms with E-state index in [1.165, 1.54) is 0 Å². The number of rotatable bonds is 9. The molecule has 0 heterocycles. The van der Waals surface area contributed by atoms with Crippen LogP contribution in [0.15, 0.2) is 109 Å². The van der Waals surface area contributed by atoms with E-state index in [1.54, 1.807) is 47.4 Å². The fourth-order valence-corrected chi connectivity index (χ4v) is 4.15. The first-order valence-electron chi connectivity index (χ1n) is 12.4. The molecule has 0 bridgehead atoms. The third kappa shape index (κ3) is 7.05. The minimum atomic E-state index is -0.369. The van der Waals surface area contributed by atoms with Crippen molar-refractivity contribution in [2.45, 2.75) is 13.3 Å². The Labute approximate surface area is 228 Å². The summed E-state index contributed by atoms with van der Waals surface area (Å²) in [5.41, 5.74) is 3.61. The van der Waals surface area contributed by atoms with Crippen LogP contribution in [0.25, 0.3) is 0 Å². The fraction of sp³-hybridized carbons (Fsp3) is 0.129. The van der Waals surface area contributed by atoms with Gasteiger partial charge in [0.25, 0.3) is 11.8 Å². The lowest BCUT2D eigenvalue weighted by Crippen LogP contribution is -2.34. The second kappa shape index (κ2) is 13.2. The first kappa shape index (κ1) is 26.6. The Bertz CT molecular complexity index is 1380. The number of amides is 2. The molecule has 0 atom stereocenters. The van der Waals surface area contributed by atoms with E-state index in [0.29, 0.717) is 35.7 Å². The Morgan fingerprint density at radius 1 is 0.816 bits per heavy atom. The largest absolute Gasteiger partial charge is 0.492 e. The summed E-state index contributed by atoms with van der Waals surface area (Å²) >= 11 is 5.36. The van der Waals surface area contributed by atoms with Crippen molar-refractivity contribution in [2.75, 3.05) is 23.4 Å². The molecule has 0 saturated carbocycles. The smallest absolute Gasteiger partial charge is 0.261 e. The maximum Gasteiger partial charge on any atom is 0.261 e. The van der Waals surface area contributed by atoms with Crippen LogP contribution in [0.1, 0.15) is 33.2 Å². The van der Waals surface area contributed by atoms with Crippen molar-refractivity contribution >= 4 is 40.5 Å². The van der Waals surface area contributed by atoms with E-state index in [1.807, 2.05) is 73.7 Å². The lowest BCUT2D eigenvalue weighted by atomic mass is 10.1. The predicted molar refractivity (Wildman–Crippen MR) is 156 cm³/mol. The maximum atomic E-state index is 13.0. The SMILES string of the molecule is CCN(C(=O)c1ccc(NC(=S)NC(=O)c2ccccc2OCCc2ccccc2)cc1)c1ccccc1. The number of anilines is 2. The van der Waals surface area contributed by atoms with E-state index >= 15 is 0 Å².